The normalized spacial score (nSPS) is 15.8. The lowest BCUT2D eigenvalue weighted by atomic mass is 9.97. The van der Waals surface area contributed by atoms with E-state index in [1.807, 2.05) is 18.2 Å². The van der Waals surface area contributed by atoms with Gasteiger partial charge in [-0.05, 0) is 62.7 Å². The molecule has 8 heteroatoms. The molecule has 0 saturated carbocycles. The molecule has 1 heterocycles. The largest absolute Gasteiger partial charge is 0.356 e. The molecule has 0 spiro atoms. The molecule has 1 aliphatic rings. The van der Waals surface area contributed by atoms with E-state index in [4.69, 9.17) is 11.6 Å². The number of carbonyl (C=O) groups excluding carboxylic acids is 1. The van der Waals surface area contributed by atoms with Crippen molar-refractivity contribution in [3.05, 3.63) is 65.2 Å². The topological polar surface area (TPSA) is 69.7 Å². The molecule has 3 rings (SSSR count). The van der Waals surface area contributed by atoms with E-state index in [2.05, 4.69) is 29.4 Å². The number of sulfonamides is 1. The number of nitrogens with zero attached hydrogens (tertiary/aromatic N) is 2. The highest BCUT2D eigenvalue weighted by Gasteiger charge is 2.31. The summed E-state index contributed by atoms with van der Waals surface area (Å²) in [7, 11) is -1.47. The lowest BCUT2D eigenvalue weighted by molar-refractivity contribution is -0.126. The Bertz CT molecular complexity index is 944. The van der Waals surface area contributed by atoms with E-state index < -0.39 is 10.0 Å². The zero-order chi connectivity index (χ0) is 22.3. The summed E-state index contributed by atoms with van der Waals surface area (Å²) in [5.41, 5.74) is 1.27. The van der Waals surface area contributed by atoms with Gasteiger partial charge in [0.2, 0.25) is 15.9 Å². The number of hydrogen-bond donors (Lipinski definition) is 1. The summed E-state index contributed by atoms with van der Waals surface area (Å²) in [4.78, 5) is 15.0. The highest BCUT2D eigenvalue weighted by molar-refractivity contribution is 7.89. The molecule has 0 aliphatic carbocycles. The van der Waals surface area contributed by atoms with Crippen LogP contribution in [-0.2, 0) is 21.4 Å². The number of carbonyl (C=O) groups is 1. The number of halogens is 1. The second-order valence-electron chi connectivity index (χ2n) is 8.00. The van der Waals surface area contributed by atoms with Gasteiger partial charge in [0.25, 0.3) is 0 Å². The Labute approximate surface area is 190 Å². The maximum Gasteiger partial charge on any atom is 0.243 e. The van der Waals surface area contributed by atoms with Gasteiger partial charge in [-0.1, -0.05) is 41.9 Å². The molecule has 1 saturated heterocycles. The molecular weight excluding hydrogens is 434 g/mol. The maximum absolute atomic E-state index is 12.8. The Morgan fingerprint density at radius 1 is 1.10 bits per heavy atom. The number of amides is 1. The average molecular weight is 464 g/mol. The van der Waals surface area contributed by atoms with Crippen LogP contribution in [-0.4, -0.2) is 56.8 Å². The molecule has 2 aromatic carbocycles. The molecule has 0 bridgehead atoms. The lowest BCUT2D eigenvalue weighted by Gasteiger charge is -2.30. The van der Waals surface area contributed by atoms with Gasteiger partial charge in [-0.15, -0.1) is 0 Å². The van der Waals surface area contributed by atoms with Crippen LogP contribution in [0.1, 0.15) is 24.8 Å². The van der Waals surface area contributed by atoms with Gasteiger partial charge in [-0.3, -0.25) is 4.79 Å². The molecule has 0 aromatic heterocycles. The summed E-state index contributed by atoms with van der Waals surface area (Å²) in [5, 5.41) is 3.52. The van der Waals surface area contributed by atoms with Crippen LogP contribution in [0.4, 0.5) is 0 Å². The highest BCUT2D eigenvalue weighted by Crippen LogP contribution is 2.24. The van der Waals surface area contributed by atoms with Crippen LogP contribution < -0.4 is 5.32 Å². The molecule has 0 unspecified atom stereocenters. The fraction of sp³-hybridized carbons (Fsp3) is 0.435. The predicted octanol–water partition coefficient (Wildman–Crippen LogP) is 3.38. The van der Waals surface area contributed by atoms with Crippen LogP contribution in [0.25, 0.3) is 0 Å². The van der Waals surface area contributed by atoms with Gasteiger partial charge in [0, 0.05) is 37.1 Å². The van der Waals surface area contributed by atoms with Crippen molar-refractivity contribution in [2.24, 2.45) is 5.92 Å². The fourth-order valence-electron chi connectivity index (χ4n) is 3.79. The quantitative estimate of drug-likeness (QED) is 0.579. The van der Waals surface area contributed by atoms with Crippen molar-refractivity contribution < 1.29 is 13.2 Å². The van der Waals surface area contributed by atoms with Crippen LogP contribution in [0.5, 0.6) is 0 Å². The molecular formula is C23H30ClN3O3S. The molecule has 1 fully saturated rings. The molecule has 0 atom stereocenters. The van der Waals surface area contributed by atoms with E-state index in [0.29, 0.717) is 37.5 Å². The second kappa shape index (κ2) is 11.1. The van der Waals surface area contributed by atoms with Gasteiger partial charge in [-0.2, -0.15) is 4.31 Å². The third-order valence-electron chi connectivity index (χ3n) is 5.59. The first-order valence-corrected chi connectivity index (χ1v) is 12.4. The summed E-state index contributed by atoms with van der Waals surface area (Å²) < 4.78 is 27.0. The minimum Gasteiger partial charge on any atom is -0.356 e. The molecule has 168 valence electrons. The first-order valence-electron chi connectivity index (χ1n) is 10.6. The first-order chi connectivity index (χ1) is 14.9. The monoisotopic (exact) mass is 463 g/mol. The Balaban J connectivity index is 1.37. The minimum atomic E-state index is -3.55. The van der Waals surface area contributed by atoms with E-state index >= 15 is 0 Å². The Hall–Kier alpha value is -1.93. The SMILES string of the molecule is CN(CCCNC(=O)C1CCN(S(=O)(=O)c2ccc(Cl)cc2)CC1)Cc1ccccc1. The second-order valence-corrected chi connectivity index (χ2v) is 10.4. The molecule has 2 aromatic rings. The maximum atomic E-state index is 12.8. The summed E-state index contributed by atoms with van der Waals surface area (Å²) in [6.45, 7) is 3.11. The van der Waals surface area contributed by atoms with Crippen molar-refractivity contribution in [1.82, 2.24) is 14.5 Å². The molecule has 1 amide bonds. The molecule has 31 heavy (non-hydrogen) atoms. The lowest BCUT2D eigenvalue weighted by Crippen LogP contribution is -2.43. The van der Waals surface area contributed by atoms with Crippen molar-refractivity contribution in [3.8, 4) is 0 Å². The number of rotatable bonds is 9. The Kier molecular flexibility index (Phi) is 8.49. The highest BCUT2D eigenvalue weighted by atomic mass is 35.5. The Morgan fingerprint density at radius 3 is 2.39 bits per heavy atom. The number of hydrogen-bond acceptors (Lipinski definition) is 4. The van der Waals surface area contributed by atoms with E-state index in [1.54, 1.807) is 12.1 Å². The Morgan fingerprint density at radius 2 is 1.74 bits per heavy atom. The van der Waals surface area contributed by atoms with Gasteiger partial charge in [0.15, 0.2) is 0 Å². The third kappa shape index (κ3) is 6.77. The van der Waals surface area contributed by atoms with Gasteiger partial charge in [-0.25, -0.2) is 8.42 Å². The van der Waals surface area contributed by atoms with Crippen LogP contribution in [0.2, 0.25) is 5.02 Å². The van der Waals surface area contributed by atoms with E-state index in [-0.39, 0.29) is 16.7 Å². The van der Waals surface area contributed by atoms with Gasteiger partial charge < -0.3 is 10.2 Å². The predicted molar refractivity (Wildman–Crippen MR) is 123 cm³/mol. The smallest absolute Gasteiger partial charge is 0.243 e. The zero-order valence-corrected chi connectivity index (χ0v) is 19.4. The standard InChI is InChI=1S/C23H30ClN3O3S/c1-26(18-19-6-3-2-4-7-19)15-5-14-25-23(28)20-12-16-27(17-13-20)31(29,30)22-10-8-21(24)9-11-22/h2-4,6-11,20H,5,12-18H2,1H3,(H,25,28). The van der Waals surface area contributed by atoms with Crippen molar-refractivity contribution in [2.75, 3.05) is 33.2 Å². The van der Waals surface area contributed by atoms with Crippen molar-refractivity contribution in [2.45, 2.75) is 30.7 Å². The van der Waals surface area contributed by atoms with Crippen LogP contribution in [0, 0.1) is 5.92 Å². The van der Waals surface area contributed by atoms with Crippen molar-refractivity contribution in [3.63, 3.8) is 0 Å². The third-order valence-corrected chi connectivity index (χ3v) is 7.75. The summed E-state index contributed by atoms with van der Waals surface area (Å²) >= 11 is 5.85. The van der Waals surface area contributed by atoms with E-state index in [1.165, 1.54) is 22.0 Å². The van der Waals surface area contributed by atoms with Gasteiger partial charge in [0.05, 0.1) is 4.90 Å². The fourth-order valence-corrected chi connectivity index (χ4v) is 5.39. The minimum absolute atomic E-state index is 0.0225. The number of benzene rings is 2. The molecule has 0 radical (unpaired) electrons. The van der Waals surface area contributed by atoms with E-state index in [9.17, 15) is 13.2 Å². The summed E-state index contributed by atoms with van der Waals surface area (Å²) in [6.07, 6.45) is 1.94. The van der Waals surface area contributed by atoms with E-state index in [0.717, 1.165) is 19.5 Å². The summed E-state index contributed by atoms with van der Waals surface area (Å²) in [6, 6.07) is 16.5. The van der Waals surface area contributed by atoms with Gasteiger partial charge in [0.1, 0.15) is 0 Å². The average Bonchev–Trinajstić information content (AvgIpc) is 2.77. The molecule has 1 aliphatic heterocycles. The van der Waals surface area contributed by atoms with Crippen LogP contribution >= 0.6 is 11.6 Å². The summed E-state index contributed by atoms with van der Waals surface area (Å²) in [5.74, 6) is -0.118. The van der Waals surface area contributed by atoms with Crippen molar-refractivity contribution in [1.29, 1.82) is 0 Å². The number of nitrogens with one attached hydrogen (secondary N) is 1. The molecule has 1 N–H and O–H groups in total. The number of piperidine rings is 1. The van der Waals surface area contributed by atoms with Crippen LogP contribution in [0.15, 0.2) is 59.5 Å². The molecule has 6 nitrogen and oxygen atoms in total. The van der Waals surface area contributed by atoms with Gasteiger partial charge >= 0.3 is 0 Å². The van der Waals surface area contributed by atoms with Crippen molar-refractivity contribution >= 4 is 27.5 Å². The zero-order valence-electron chi connectivity index (χ0n) is 17.8. The first kappa shape index (κ1) is 23.7. The van der Waals surface area contributed by atoms with Crippen LogP contribution in [0.3, 0.4) is 0 Å².